The number of hydrogen-bond acceptors (Lipinski definition) is 7. The van der Waals surface area contributed by atoms with Crippen LogP contribution in [0.25, 0.3) is 0 Å². The minimum atomic E-state index is -0.877. The van der Waals surface area contributed by atoms with E-state index >= 15 is 0 Å². The number of ether oxygens (including phenoxy) is 3. The molecule has 0 amide bonds. The molecule has 0 N–H and O–H groups in total. The first-order valence-electron chi connectivity index (χ1n) is 9.65. The predicted octanol–water partition coefficient (Wildman–Crippen LogP) is 2.77. The molecule has 1 atom stereocenters. The maximum atomic E-state index is 14.5. The maximum Gasteiger partial charge on any atom is 0.352 e. The van der Waals surface area contributed by atoms with Crippen molar-refractivity contribution in [2.45, 2.75) is 26.1 Å². The predicted molar refractivity (Wildman–Crippen MR) is 105 cm³/mol. The first-order chi connectivity index (χ1) is 15.0. The number of pyridine rings is 1. The van der Waals surface area contributed by atoms with Crippen LogP contribution in [-0.2, 0) is 17.9 Å². The lowest BCUT2D eigenvalue weighted by molar-refractivity contribution is 0.189. The van der Waals surface area contributed by atoms with Crippen molar-refractivity contribution >= 4 is 5.82 Å². The van der Waals surface area contributed by atoms with E-state index in [0.29, 0.717) is 25.7 Å². The molecular weight excluding hydrogens is 410 g/mol. The molecule has 31 heavy (non-hydrogen) atoms. The minimum Gasteiger partial charge on any atom is -0.473 e. The first kappa shape index (κ1) is 19.4. The zero-order valence-corrected chi connectivity index (χ0v) is 16.5. The average Bonchev–Trinajstić information content (AvgIpc) is 3.33. The monoisotopic (exact) mass is 428 g/mol. The lowest BCUT2D eigenvalue weighted by Gasteiger charge is -2.15. The van der Waals surface area contributed by atoms with Gasteiger partial charge in [-0.2, -0.15) is 4.98 Å². The van der Waals surface area contributed by atoms with E-state index in [-0.39, 0.29) is 29.8 Å². The summed E-state index contributed by atoms with van der Waals surface area (Å²) >= 11 is 0. The zero-order valence-electron chi connectivity index (χ0n) is 16.5. The highest BCUT2D eigenvalue weighted by atomic mass is 19.1. The lowest BCUT2D eigenvalue weighted by Crippen LogP contribution is -2.26. The summed E-state index contributed by atoms with van der Waals surface area (Å²) in [6.45, 7) is 3.07. The molecule has 0 bridgehead atoms. The molecule has 3 aromatic rings. The molecule has 2 aliphatic heterocycles. The van der Waals surface area contributed by atoms with Crippen LogP contribution < -0.4 is 20.1 Å². The summed E-state index contributed by atoms with van der Waals surface area (Å²) < 4.78 is 46.7. The van der Waals surface area contributed by atoms with E-state index in [0.717, 1.165) is 17.8 Å². The van der Waals surface area contributed by atoms with Crippen LogP contribution in [0.15, 0.2) is 41.3 Å². The Morgan fingerprint density at radius 1 is 1.23 bits per heavy atom. The molecule has 0 radical (unpaired) electrons. The highest BCUT2D eigenvalue weighted by Crippen LogP contribution is 2.31. The van der Waals surface area contributed by atoms with E-state index in [1.54, 1.807) is 29.7 Å². The summed E-state index contributed by atoms with van der Waals surface area (Å²) in [4.78, 5) is 22.2. The average molecular weight is 428 g/mol. The summed E-state index contributed by atoms with van der Waals surface area (Å²) in [5.41, 5.74) is 0.553. The van der Waals surface area contributed by atoms with Crippen LogP contribution in [0.5, 0.6) is 17.4 Å². The Morgan fingerprint density at radius 3 is 2.77 bits per heavy atom. The van der Waals surface area contributed by atoms with Crippen LogP contribution in [0.2, 0.25) is 0 Å². The van der Waals surface area contributed by atoms with Gasteiger partial charge in [-0.3, -0.25) is 9.55 Å². The number of benzene rings is 1. The Bertz CT molecular complexity index is 1180. The van der Waals surface area contributed by atoms with Crippen molar-refractivity contribution in [1.82, 2.24) is 14.5 Å². The van der Waals surface area contributed by atoms with Crippen LogP contribution in [-0.4, -0.2) is 33.9 Å². The standard InChI is InChI=1S/C21H18F2N4O4/c1-12-2-3-15(7-24-12)31-20-16(22)4-13(5-17(20)23)9-30-18-6-19-26(21(28)25-18)8-14-10-29-11-27(14)19/h2-7,14H,8-11H2,1H3/t14-/m0/s1. The zero-order chi connectivity index (χ0) is 21.5. The molecule has 8 nitrogen and oxygen atoms in total. The number of aromatic nitrogens is 3. The minimum absolute atomic E-state index is 0.0793. The summed E-state index contributed by atoms with van der Waals surface area (Å²) in [6.07, 6.45) is 1.39. The SMILES string of the molecule is Cc1ccc(Oc2c(F)cc(COc3cc4n(c(=O)n3)C[C@H]3COCN43)cc2F)cn1. The van der Waals surface area contributed by atoms with Gasteiger partial charge in [0.25, 0.3) is 0 Å². The molecule has 2 aromatic heterocycles. The van der Waals surface area contributed by atoms with Crippen molar-refractivity contribution in [2.75, 3.05) is 18.2 Å². The van der Waals surface area contributed by atoms with Crippen molar-refractivity contribution in [3.63, 3.8) is 0 Å². The number of fused-ring (bicyclic) bond motifs is 3. The lowest BCUT2D eigenvalue weighted by atomic mass is 10.2. The normalized spacial score (nSPS) is 16.9. The van der Waals surface area contributed by atoms with Crippen molar-refractivity contribution in [2.24, 2.45) is 0 Å². The number of nitrogens with zero attached hydrogens (tertiary/aromatic N) is 4. The second-order valence-electron chi connectivity index (χ2n) is 7.38. The second-order valence-corrected chi connectivity index (χ2v) is 7.38. The van der Waals surface area contributed by atoms with Gasteiger partial charge in [-0.05, 0) is 36.8 Å². The van der Waals surface area contributed by atoms with Gasteiger partial charge in [0.15, 0.2) is 17.4 Å². The van der Waals surface area contributed by atoms with Crippen LogP contribution in [0, 0.1) is 18.6 Å². The third kappa shape index (κ3) is 3.70. The summed E-state index contributed by atoms with van der Waals surface area (Å²) in [6, 6.07) is 7.21. The topological polar surface area (TPSA) is 78.7 Å². The molecule has 1 fully saturated rings. The van der Waals surface area contributed by atoms with Crippen molar-refractivity contribution in [3.05, 3.63) is 69.9 Å². The number of aryl methyl sites for hydroxylation is 1. The Hall–Kier alpha value is -3.53. The van der Waals surface area contributed by atoms with E-state index < -0.39 is 23.1 Å². The first-order valence-corrected chi connectivity index (χ1v) is 9.65. The largest absolute Gasteiger partial charge is 0.473 e. The van der Waals surface area contributed by atoms with Gasteiger partial charge in [-0.15, -0.1) is 0 Å². The number of rotatable bonds is 5. The molecule has 5 rings (SSSR count). The number of halogens is 2. The van der Waals surface area contributed by atoms with Gasteiger partial charge < -0.3 is 19.1 Å². The van der Waals surface area contributed by atoms with E-state index in [2.05, 4.69) is 9.97 Å². The fourth-order valence-electron chi connectivity index (χ4n) is 3.64. The number of hydrogen-bond donors (Lipinski definition) is 0. The second kappa shape index (κ2) is 7.62. The molecule has 4 heterocycles. The van der Waals surface area contributed by atoms with Crippen LogP contribution >= 0.6 is 0 Å². The van der Waals surface area contributed by atoms with Gasteiger partial charge in [0.05, 0.1) is 25.4 Å². The molecule has 0 saturated carbocycles. The summed E-state index contributed by atoms with van der Waals surface area (Å²) in [5, 5.41) is 0. The number of anilines is 1. The molecule has 1 aromatic carbocycles. The van der Waals surface area contributed by atoms with Crippen molar-refractivity contribution in [3.8, 4) is 17.4 Å². The third-order valence-electron chi connectivity index (χ3n) is 5.18. The molecule has 0 aliphatic carbocycles. The van der Waals surface area contributed by atoms with Gasteiger partial charge in [0.2, 0.25) is 5.88 Å². The van der Waals surface area contributed by atoms with E-state index in [4.69, 9.17) is 14.2 Å². The van der Waals surface area contributed by atoms with E-state index in [9.17, 15) is 13.6 Å². The van der Waals surface area contributed by atoms with Crippen LogP contribution in [0.3, 0.4) is 0 Å². The van der Waals surface area contributed by atoms with Gasteiger partial charge in [0, 0.05) is 11.8 Å². The van der Waals surface area contributed by atoms with Crippen LogP contribution in [0.1, 0.15) is 11.3 Å². The van der Waals surface area contributed by atoms with Gasteiger partial charge in [-0.25, -0.2) is 13.6 Å². The maximum absolute atomic E-state index is 14.5. The van der Waals surface area contributed by atoms with Crippen molar-refractivity contribution in [1.29, 1.82) is 0 Å². The fourth-order valence-corrected chi connectivity index (χ4v) is 3.64. The molecule has 2 aliphatic rings. The molecule has 1 saturated heterocycles. The Balaban J connectivity index is 1.32. The molecule has 160 valence electrons. The summed E-state index contributed by atoms with van der Waals surface area (Å²) in [5.74, 6) is -1.32. The molecule has 0 spiro atoms. The Labute approximate surface area is 175 Å². The van der Waals surface area contributed by atoms with Gasteiger partial charge in [-0.1, -0.05) is 0 Å². The van der Waals surface area contributed by atoms with Gasteiger partial charge in [0.1, 0.15) is 24.9 Å². The molecule has 10 heteroatoms. The smallest absolute Gasteiger partial charge is 0.352 e. The summed E-state index contributed by atoms with van der Waals surface area (Å²) in [7, 11) is 0. The molecular formula is C21H18F2N4O4. The highest BCUT2D eigenvalue weighted by molar-refractivity contribution is 5.47. The van der Waals surface area contributed by atoms with Crippen LogP contribution in [0.4, 0.5) is 14.6 Å². The third-order valence-corrected chi connectivity index (χ3v) is 5.18. The van der Waals surface area contributed by atoms with Gasteiger partial charge >= 0.3 is 5.69 Å². The van der Waals surface area contributed by atoms with E-state index in [1.807, 2.05) is 4.90 Å². The Kier molecular flexibility index (Phi) is 4.78. The molecule has 0 unspecified atom stereocenters. The van der Waals surface area contributed by atoms with Crippen molar-refractivity contribution < 1.29 is 23.0 Å². The fraction of sp³-hybridized carbons (Fsp3) is 0.286. The van der Waals surface area contributed by atoms with E-state index in [1.165, 1.54) is 6.20 Å². The highest BCUT2D eigenvalue weighted by Gasteiger charge is 2.35. The Morgan fingerprint density at radius 2 is 2.03 bits per heavy atom. The quantitative estimate of drug-likeness (QED) is 0.618.